The number of amides is 1. The fourth-order valence-electron chi connectivity index (χ4n) is 3.36. The van der Waals surface area contributed by atoms with Crippen LogP contribution in [0, 0.1) is 0 Å². The van der Waals surface area contributed by atoms with Gasteiger partial charge >= 0.3 is 6.09 Å². The van der Waals surface area contributed by atoms with Crippen molar-refractivity contribution >= 4 is 6.09 Å². The Hall–Kier alpha value is -1.56. The molecule has 0 saturated carbocycles. The van der Waals surface area contributed by atoms with Crippen LogP contribution in [0.2, 0.25) is 0 Å². The lowest BCUT2D eigenvalue weighted by Crippen LogP contribution is -2.49. The molecule has 0 aromatic carbocycles. The summed E-state index contributed by atoms with van der Waals surface area (Å²) in [6.07, 6.45) is 6.63. The molecule has 21 heavy (non-hydrogen) atoms. The standard InChI is InChI=1S/C15H24N4O2/c1-13(4-9-19-8-3-7-16-19)18-10-5-15(6-11-18)12-17(2)14(20)21-15/h3,7-8,13H,4-6,9-12H2,1-2H3/t13-/m1/s1. The zero-order valence-corrected chi connectivity index (χ0v) is 12.9. The van der Waals surface area contributed by atoms with Crippen molar-refractivity contribution in [2.75, 3.05) is 26.7 Å². The molecule has 0 bridgehead atoms. The molecule has 116 valence electrons. The smallest absolute Gasteiger partial charge is 0.410 e. The minimum absolute atomic E-state index is 0.171. The Bertz CT molecular complexity index is 480. The van der Waals surface area contributed by atoms with E-state index in [1.54, 1.807) is 4.90 Å². The summed E-state index contributed by atoms with van der Waals surface area (Å²) in [5.41, 5.74) is -0.232. The summed E-state index contributed by atoms with van der Waals surface area (Å²) in [5, 5.41) is 4.24. The van der Waals surface area contributed by atoms with Gasteiger partial charge in [0.1, 0.15) is 5.60 Å². The second-order valence-electron chi connectivity index (χ2n) is 6.35. The number of likely N-dealkylation sites (N-methyl/N-ethyl adjacent to an activating group) is 1. The first-order valence-electron chi connectivity index (χ1n) is 7.74. The number of hydrogen-bond donors (Lipinski definition) is 0. The molecule has 3 rings (SSSR count). The maximum absolute atomic E-state index is 11.6. The van der Waals surface area contributed by atoms with Crippen molar-refractivity contribution in [3.63, 3.8) is 0 Å². The van der Waals surface area contributed by atoms with E-state index in [-0.39, 0.29) is 11.7 Å². The van der Waals surface area contributed by atoms with Crippen LogP contribution >= 0.6 is 0 Å². The quantitative estimate of drug-likeness (QED) is 0.845. The highest BCUT2D eigenvalue weighted by Gasteiger charge is 2.45. The molecule has 1 aromatic heterocycles. The average Bonchev–Trinajstić information content (AvgIpc) is 3.07. The number of likely N-dealkylation sites (tertiary alicyclic amines) is 1. The largest absolute Gasteiger partial charge is 0.441 e. The third kappa shape index (κ3) is 3.05. The van der Waals surface area contributed by atoms with Crippen LogP contribution in [-0.2, 0) is 11.3 Å². The number of aromatic nitrogens is 2. The normalized spacial score (nSPS) is 23.5. The Morgan fingerprint density at radius 3 is 2.76 bits per heavy atom. The van der Waals surface area contributed by atoms with E-state index in [1.165, 1.54) is 0 Å². The van der Waals surface area contributed by atoms with Gasteiger partial charge in [0.2, 0.25) is 0 Å². The van der Waals surface area contributed by atoms with Crippen molar-refractivity contribution in [3.8, 4) is 0 Å². The van der Waals surface area contributed by atoms with E-state index in [4.69, 9.17) is 4.74 Å². The third-order valence-corrected chi connectivity index (χ3v) is 4.81. The second kappa shape index (κ2) is 5.67. The lowest BCUT2D eigenvalue weighted by atomic mass is 9.90. The summed E-state index contributed by atoms with van der Waals surface area (Å²) in [5.74, 6) is 0. The fourth-order valence-corrected chi connectivity index (χ4v) is 3.36. The lowest BCUT2D eigenvalue weighted by Gasteiger charge is -2.40. The van der Waals surface area contributed by atoms with Gasteiger partial charge in [-0.1, -0.05) is 0 Å². The number of carbonyl (C=O) groups excluding carboxylic acids is 1. The summed E-state index contributed by atoms with van der Waals surface area (Å²) in [6, 6.07) is 2.49. The highest BCUT2D eigenvalue weighted by Crippen LogP contribution is 2.33. The van der Waals surface area contributed by atoms with Gasteiger partial charge in [0, 0.05) is 58.0 Å². The topological polar surface area (TPSA) is 50.6 Å². The molecule has 1 amide bonds. The zero-order valence-electron chi connectivity index (χ0n) is 12.9. The maximum Gasteiger partial charge on any atom is 0.410 e. The molecule has 1 spiro atoms. The van der Waals surface area contributed by atoms with E-state index in [0.29, 0.717) is 6.04 Å². The van der Waals surface area contributed by atoms with Gasteiger partial charge in [0.05, 0.1) is 6.54 Å². The number of piperidine rings is 1. The van der Waals surface area contributed by atoms with Crippen LogP contribution in [0.4, 0.5) is 4.79 Å². The zero-order chi connectivity index (χ0) is 14.9. The molecule has 0 radical (unpaired) electrons. The molecular formula is C15H24N4O2. The van der Waals surface area contributed by atoms with Crippen molar-refractivity contribution in [1.29, 1.82) is 0 Å². The van der Waals surface area contributed by atoms with Crippen molar-refractivity contribution < 1.29 is 9.53 Å². The molecule has 0 unspecified atom stereocenters. The van der Waals surface area contributed by atoms with E-state index in [2.05, 4.69) is 16.9 Å². The van der Waals surface area contributed by atoms with Crippen LogP contribution in [0.15, 0.2) is 18.5 Å². The minimum Gasteiger partial charge on any atom is -0.441 e. The van der Waals surface area contributed by atoms with E-state index >= 15 is 0 Å². The monoisotopic (exact) mass is 292 g/mol. The van der Waals surface area contributed by atoms with Crippen LogP contribution in [0.25, 0.3) is 0 Å². The maximum atomic E-state index is 11.6. The van der Waals surface area contributed by atoms with Gasteiger partial charge in [-0.2, -0.15) is 5.10 Å². The Balaban J connectivity index is 1.48. The Kier molecular flexibility index (Phi) is 3.89. The van der Waals surface area contributed by atoms with Crippen molar-refractivity contribution in [2.24, 2.45) is 0 Å². The number of hydrogen-bond acceptors (Lipinski definition) is 4. The van der Waals surface area contributed by atoms with Gasteiger partial charge in [-0.15, -0.1) is 0 Å². The van der Waals surface area contributed by atoms with Gasteiger partial charge < -0.3 is 14.5 Å². The number of rotatable bonds is 4. The first-order valence-corrected chi connectivity index (χ1v) is 7.74. The highest BCUT2D eigenvalue weighted by atomic mass is 16.6. The predicted octanol–water partition coefficient (Wildman–Crippen LogP) is 1.58. The first-order chi connectivity index (χ1) is 10.1. The van der Waals surface area contributed by atoms with Crippen molar-refractivity contribution in [1.82, 2.24) is 19.6 Å². The summed E-state index contributed by atoms with van der Waals surface area (Å²) in [7, 11) is 1.82. The van der Waals surface area contributed by atoms with Gasteiger partial charge in [0.15, 0.2) is 0 Å². The minimum atomic E-state index is -0.232. The number of aryl methyl sites for hydroxylation is 1. The lowest BCUT2D eigenvalue weighted by molar-refractivity contribution is -0.00945. The molecule has 2 aliphatic heterocycles. The van der Waals surface area contributed by atoms with Crippen LogP contribution in [0.1, 0.15) is 26.2 Å². The fraction of sp³-hybridized carbons (Fsp3) is 0.733. The average molecular weight is 292 g/mol. The summed E-state index contributed by atoms with van der Waals surface area (Å²) in [6.45, 7) is 5.96. The molecule has 6 nitrogen and oxygen atoms in total. The highest BCUT2D eigenvalue weighted by molar-refractivity contribution is 5.70. The Morgan fingerprint density at radius 1 is 1.43 bits per heavy atom. The van der Waals surface area contributed by atoms with Crippen molar-refractivity contribution in [3.05, 3.63) is 18.5 Å². The Labute approximate surface area is 125 Å². The first kappa shape index (κ1) is 14.4. The van der Waals surface area contributed by atoms with E-state index in [0.717, 1.165) is 45.4 Å². The molecule has 2 fully saturated rings. The van der Waals surface area contributed by atoms with Gasteiger partial charge in [0.25, 0.3) is 0 Å². The number of carbonyl (C=O) groups is 1. The van der Waals surface area contributed by atoms with Gasteiger partial charge in [-0.3, -0.25) is 4.68 Å². The molecule has 6 heteroatoms. The van der Waals surface area contributed by atoms with Crippen LogP contribution in [-0.4, -0.2) is 64.0 Å². The number of ether oxygens (including phenoxy) is 1. The summed E-state index contributed by atoms with van der Waals surface area (Å²) >= 11 is 0. The van der Waals surface area contributed by atoms with Crippen LogP contribution in [0.5, 0.6) is 0 Å². The SMILES string of the molecule is C[C@H](CCn1cccn1)N1CCC2(CC1)CN(C)C(=O)O2. The molecule has 1 aromatic rings. The molecule has 3 heterocycles. The molecule has 0 N–H and O–H groups in total. The second-order valence-corrected chi connectivity index (χ2v) is 6.35. The van der Waals surface area contributed by atoms with E-state index < -0.39 is 0 Å². The molecule has 2 saturated heterocycles. The van der Waals surface area contributed by atoms with Crippen LogP contribution < -0.4 is 0 Å². The predicted molar refractivity (Wildman–Crippen MR) is 79.0 cm³/mol. The van der Waals surface area contributed by atoms with Gasteiger partial charge in [-0.05, 0) is 19.4 Å². The molecule has 2 aliphatic rings. The third-order valence-electron chi connectivity index (χ3n) is 4.81. The van der Waals surface area contributed by atoms with E-state index in [9.17, 15) is 4.79 Å². The summed E-state index contributed by atoms with van der Waals surface area (Å²) < 4.78 is 7.58. The molecule has 1 atom stereocenters. The number of nitrogens with zero attached hydrogens (tertiary/aromatic N) is 4. The molecule has 0 aliphatic carbocycles. The molecular weight excluding hydrogens is 268 g/mol. The van der Waals surface area contributed by atoms with Gasteiger partial charge in [-0.25, -0.2) is 4.79 Å². The summed E-state index contributed by atoms with van der Waals surface area (Å²) in [4.78, 5) is 15.8. The Morgan fingerprint density at radius 2 is 2.19 bits per heavy atom. The van der Waals surface area contributed by atoms with E-state index in [1.807, 2.05) is 30.2 Å². The van der Waals surface area contributed by atoms with Crippen molar-refractivity contribution in [2.45, 2.75) is 44.4 Å². The van der Waals surface area contributed by atoms with Crippen LogP contribution in [0.3, 0.4) is 0 Å².